The van der Waals surface area contributed by atoms with Crippen LogP contribution >= 0.6 is 11.6 Å². The number of para-hydroxylation sites is 1. The van der Waals surface area contributed by atoms with Gasteiger partial charge >= 0.3 is 0 Å². The van der Waals surface area contributed by atoms with E-state index in [1.54, 1.807) is 0 Å². The molecule has 3 heteroatoms. The van der Waals surface area contributed by atoms with Crippen LogP contribution in [0.4, 0.5) is 5.69 Å². The number of rotatable bonds is 7. The zero-order valence-electron chi connectivity index (χ0n) is 12.6. The molecule has 2 aromatic carbocycles. The fraction of sp³-hybridized carbons (Fsp3) is 0.333. The molecule has 112 valence electrons. The van der Waals surface area contributed by atoms with E-state index in [1.807, 2.05) is 12.1 Å². The van der Waals surface area contributed by atoms with Crippen molar-refractivity contribution in [2.45, 2.75) is 32.9 Å². The predicted molar refractivity (Wildman–Crippen MR) is 91.7 cm³/mol. The number of nitrogens with zero attached hydrogens (tertiary/aromatic N) is 1. The van der Waals surface area contributed by atoms with Gasteiger partial charge in [-0.1, -0.05) is 55.3 Å². The van der Waals surface area contributed by atoms with Crippen molar-refractivity contribution in [3.63, 3.8) is 0 Å². The first kappa shape index (κ1) is 15.9. The molecule has 0 unspecified atom stereocenters. The normalized spacial score (nSPS) is 10.6. The van der Waals surface area contributed by atoms with Crippen LogP contribution in [0.2, 0.25) is 5.02 Å². The van der Waals surface area contributed by atoms with E-state index in [-0.39, 0.29) is 0 Å². The maximum Gasteiger partial charge on any atom is 0.0459 e. The van der Waals surface area contributed by atoms with Crippen LogP contribution < -0.4 is 10.6 Å². The summed E-state index contributed by atoms with van der Waals surface area (Å²) >= 11 is 6.39. The Labute approximate surface area is 132 Å². The topological polar surface area (TPSA) is 29.3 Å². The Balaban J connectivity index is 2.18. The number of anilines is 1. The lowest BCUT2D eigenvalue weighted by molar-refractivity contribution is 0.716. The minimum atomic E-state index is 0.526. The summed E-state index contributed by atoms with van der Waals surface area (Å²) in [7, 11) is 0. The summed E-state index contributed by atoms with van der Waals surface area (Å²) in [5.74, 6) is 0. The third kappa shape index (κ3) is 4.48. The molecule has 0 saturated heterocycles. The van der Waals surface area contributed by atoms with Crippen LogP contribution in [0.15, 0.2) is 48.5 Å². The van der Waals surface area contributed by atoms with Gasteiger partial charge in [-0.15, -0.1) is 0 Å². The van der Waals surface area contributed by atoms with Crippen molar-refractivity contribution in [3.8, 4) is 0 Å². The molecule has 0 radical (unpaired) electrons. The van der Waals surface area contributed by atoms with Crippen molar-refractivity contribution < 1.29 is 0 Å². The maximum atomic E-state index is 6.39. The van der Waals surface area contributed by atoms with E-state index in [2.05, 4.69) is 48.2 Å². The van der Waals surface area contributed by atoms with Gasteiger partial charge < -0.3 is 10.6 Å². The van der Waals surface area contributed by atoms with Gasteiger partial charge in [0.15, 0.2) is 0 Å². The van der Waals surface area contributed by atoms with E-state index in [0.717, 1.165) is 29.2 Å². The Hall–Kier alpha value is -1.51. The second-order valence-electron chi connectivity index (χ2n) is 5.24. The first-order valence-corrected chi connectivity index (χ1v) is 7.89. The molecule has 0 saturated carbocycles. The molecule has 0 aromatic heterocycles. The Morgan fingerprint density at radius 3 is 2.48 bits per heavy atom. The fourth-order valence-electron chi connectivity index (χ4n) is 2.34. The van der Waals surface area contributed by atoms with E-state index in [0.29, 0.717) is 6.54 Å². The molecular formula is C18H23ClN2. The molecule has 0 fully saturated rings. The van der Waals surface area contributed by atoms with E-state index < -0.39 is 0 Å². The molecule has 0 amide bonds. The van der Waals surface area contributed by atoms with Gasteiger partial charge in [-0.25, -0.2) is 0 Å². The third-order valence-corrected chi connectivity index (χ3v) is 3.97. The molecule has 0 atom stereocenters. The minimum absolute atomic E-state index is 0.526. The van der Waals surface area contributed by atoms with E-state index in [9.17, 15) is 0 Å². The van der Waals surface area contributed by atoms with Crippen molar-refractivity contribution in [1.29, 1.82) is 0 Å². The number of hydrogen-bond donors (Lipinski definition) is 1. The number of unbranched alkanes of at least 4 members (excludes halogenated alkanes) is 1. The van der Waals surface area contributed by atoms with Gasteiger partial charge in [0, 0.05) is 30.3 Å². The summed E-state index contributed by atoms with van der Waals surface area (Å²) in [6.07, 6.45) is 2.36. The predicted octanol–water partition coefficient (Wildman–Crippen LogP) is 4.61. The highest BCUT2D eigenvalue weighted by Crippen LogP contribution is 2.23. The number of benzene rings is 2. The van der Waals surface area contributed by atoms with Gasteiger partial charge in [-0.05, 0) is 35.7 Å². The van der Waals surface area contributed by atoms with Gasteiger partial charge in [-0.2, -0.15) is 0 Å². The highest BCUT2D eigenvalue weighted by molar-refractivity contribution is 6.31. The Morgan fingerprint density at radius 2 is 1.86 bits per heavy atom. The quantitative estimate of drug-likeness (QED) is 0.809. The van der Waals surface area contributed by atoms with Crippen molar-refractivity contribution in [1.82, 2.24) is 0 Å². The van der Waals surface area contributed by atoms with E-state index >= 15 is 0 Å². The molecule has 0 aliphatic heterocycles. The lowest BCUT2D eigenvalue weighted by atomic mass is 10.1. The molecular weight excluding hydrogens is 280 g/mol. The van der Waals surface area contributed by atoms with E-state index in [1.165, 1.54) is 18.5 Å². The maximum absolute atomic E-state index is 6.39. The zero-order valence-corrected chi connectivity index (χ0v) is 13.3. The van der Waals surface area contributed by atoms with Crippen LogP contribution in [-0.4, -0.2) is 6.54 Å². The van der Waals surface area contributed by atoms with Gasteiger partial charge in [-0.3, -0.25) is 0 Å². The number of halogens is 1. The molecule has 0 aliphatic rings. The summed E-state index contributed by atoms with van der Waals surface area (Å²) in [6.45, 7) is 4.60. The molecule has 0 bridgehead atoms. The smallest absolute Gasteiger partial charge is 0.0459 e. The molecule has 2 nitrogen and oxygen atoms in total. The lowest BCUT2D eigenvalue weighted by Gasteiger charge is -2.25. The largest absolute Gasteiger partial charge is 0.367 e. The van der Waals surface area contributed by atoms with Crippen molar-refractivity contribution >= 4 is 17.3 Å². The molecule has 0 aliphatic carbocycles. The summed E-state index contributed by atoms with van der Waals surface area (Å²) < 4.78 is 0. The van der Waals surface area contributed by atoms with Crippen molar-refractivity contribution in [2.24, 2.45) is 5.73 Å². The van der Waals surface area contributed by atoms with Crippen LogP contribution in [-0.2, 0) is 13.1 Å². The third-order valence-electron chi connectivity index (χ3n) is 3.62. The summed E-state index contributed by atoms with van der Waals surface area (Å²) in [6, 6.07) is 16.6. The first-order valence-electron chi connectivity index (χ1n) is 7.52. The van der Waals surface area contributed by atoms with Crippen LogP contribution in [0, 0.1) is 0 Å². The highest BCUT2D eigenvalue weighted by Gasteiger charge is 2.09. The molecule has 0 spiro atoms. The summed E-state index contributed by atoms with van der Waals surface area (Å²) in [4.78, 5) is 2.38. The monoisotopic (exact) mass is 302 g/mol. The average Bonchev–Trinajstić information content (AvgIpc) is 2.53. The van der Waals surface area contributed by atoms with Crippen LogP contribution in [0.3, 0.4) is 0 Å². The van der Waals surface area contributed by atoms with Crippen molar-refractivity contribution in [3.05, 3.63) is 64.7 Å². The molecule has 0 heterocycles. The second-order valence-corrected chi connectivity index (χ2v) is 5.65. The first-order chi connectivity index (χ1) is 10.2. The van der Waals surface area contributed by atoms with Crippen LogP contribution in [0.25, 0.3) is 0 Å². The van der Waals surface area contributed by atoms with E-state index in [4.69, 9.17) is 17.3 Å². The van der Waals surface area contributed by atoms with Crippen LogP contribution in [0.1, 0.15) is 30.9 Å². The SMILES string of the molecule is CCCCN(Cc1ccc(CN)cc1Cl)c1ccccc1. The molecule has 2 rings (SSSR count). The lowest BCUT2D eigenvalue weighted by Crippen LogP contribution is -2.24. The molecule has 2 aromatic rings. The fourth-order valence-corrected chi connectivity index (χ4v) is 2.60. The highest BCUT2D eigenvalue weighted by atomic mass is 35.5. The number of hydrogen-bond acceptors (Lipinski definition) is 2. The van der Waals surface area contributed by atoms with Gasteiger partial charge in [0.25, 0.3) is 0 Å². The minimum Gasteiger partial charge on any atom is -0.367 e. The zero-order chi connectivity index (χ0) is 15.1. The molecule has 2 N–H and O–H groups in total. The van der Waals surface area contributed by atoms with Gasteiger partial charge in [0.05, 0.1) is 0 Å². The Bertz CT molecular complexity index is 554. The Morgan fingerprint density at radius 1 is 1.10 bits per heavy atom. The summed E-state index contributed by atoms with van der Waals surface area (Å²) in [5, 5.41) is 0.801. The number of nitrogens with two attached hydrogens (primary N) is 1. The summed E-state index contributed by atoms with van der Waals surface area (Å²) in [5.41, 5.74) is 9.12. The van der Waals surface area contributed by atoms with Crippen LogP contribution in [0.5, 0.6) is 0 Å². The van der Waals surface area contributed by atoms with Gasteiger partial charge in [0.1, 0.15) is 0 Å². The standard InChI is InChI=1S/C18H23ClN2/c1-2-3-11-21(17-7-5-4-6-8-17)14-16-10-9-15(13-20)12-18(16)19/h4-10,12H,2-3,11,13-14,20H2,1H3. The van der Waals surface area contributed by atoms with Gasteiger partial charge in [0.2, 0.25) is 0 Å². The Kier molecular flexibility index (Phi) is 6.09. The average molecular weight is 303 g/mol. The van der Waals surface area contributed by atoms with Crippen molar-refractivity contribution in [2.75, 3.05) is 11.4 Å². The molecule has 21 heavy (non-hydrogen) atoms. The second kappa shape index (κ2) is 8.06.